The van der Waals surface area contributed by atoms with Crippen molar-refractivity contribution in [1.82, 2.24) is 0 Å². The Morgan fingerprint density at radius 3 is 2.37 bits per heavy atom. The van der Waals surface area contributed by atoms with Crippen LogP contribution in [0.1, 0.15) is 25.8 Å². The van der Waals surface area contributed by atoms with E-state index in [4.69, 9.17) is 4.74 Å². The molecule has 0 atom stereocenters. The third-order valence-corrected chi connectivity index (χ3v) is 3.63. The highest BCUT2D eigenvalue weighted by Crippen LogP contribution is 2.34. The van der Waals surface area contributed by atoms with Crippen LogP contribution in [0.2, 0.25) is 0 Å². The smallest absolute Gasteiger partial charge is 0.118 e. The molecule has 0 spiro atoms. The number of allylic oxidation sites excluding steroid dienone is 5. The maximum Gasteiger partial charge on any atom is 0.118 e. The van der Waals surface area contributed by atoms with Gasteiger partial charge in [-0.1, -0.05) is 38.1 Å². The molecule has 100 valence electrons. The summed E-state index contributed by atoms with van der Waals surface area (Å²) >= 11 is 0. The zero-order valence-electron chi connectivity index (χ0n) is 11.7. The molecule has 0 aromatic heterocycles. The number of hydrogen-bond donors (Lipinski definition) is 1. The van der Waals surface area contributed by atoms with E-state index in [1.807, 2.05) is 24.3 Å². The molecule has 0 aliphatic heterocycles. The van der Waals surface area contributed by atoms with Gasteiger partial charge in [-0.05, 0) is 41.8 Å². The first-order chi connectivity index (χ1) is 9.04. The summed E-state index contributed by atoms with van der Waals surface area (Å²) in [6.45, 7) is 4.38. The van der Waals surface area contributed by atoms with E-state index in [2.05, 4.69) is 32.1 Å². The van der Waals surface area contributed by atoms with Gasteiger partial charge in [0.05, 0.1) is 7.11 Å². The number of hydrogen-bond acceptors (Lipinski definition) is 2. The summed E-state index contributed by atoms with van der Waals surface area (Å²) in [4.78, 5) is 0. The molecular weight excluding hydrogens is 236 g/mol. The summed E-state index contributed by atoms with van der Waals surface area (Å²) in [5.74, 6) is 1.20. The molecule has 2 heteroatoms. The zero-order chi connectivity index (χ0) is 13.9. The number of rotatable bonds is 3. The topological polar surface area (TPSA) is 29.5 Å². The van der Waals surface area contributed by atoms with Crippen molar-refractivity contribution >= 4 is 0 Å². The van der Waals surface area contributed by atoms with Crippen molar-refractivity contribution in [3.63, 3.8) is 0 Å². The standard InChI is InChI=1S/C17H20O2/c1-17(2,13-5-4-6-15(18)10-7-13)14-8-11-16(19-3)12-9-14/h5-12,18H,4H2,1-3H3. The lowest BCUT2D eigenvalue weighted by molar-refractivity contribution is 0.414. The third kappa shape index (κ3) is 2.90. The highest BCUT2D eigenvalue weighted by molar-refractivity contribution is 5.44. The first-order valence-electron chi connectivity index (χ1n) is 6.46. The fourth-order valence-electron chi connectivity index (χ4n) is 2.26. The molecule has 1 N–H and O–H groups in total. The van der Waals surface area contributed by atoms with Crippen LogP contribution in [0.5, 0.6) is 5.75 Å². The molecule has 19 heavy (non-hydrogen) atoms. The Balaban J connectivity index is 2.31. The normalized spacial score (nSPS) is 15.5. The maximum absolute atomic E-state index is 9.54. The van der Waals surface area contributed by atoms with Crippen molar-refractivity contribution in [3.8, 4) is 5.75 Å². The number of methoxy groups -OCH3 is 1. The van der Waals surface area contributed by atoms with E-state index >= 15 is 0 Å². The second kappa shape index (κ2) is 5.35. The fraction of sp³-hybridized carbons (Fsp3) is 0.294. The minimum absolute atomic E-state index is 0.0960. The second-order valence-corrected chi connectivity index (χ2v) is 5.21. The lowest BCUT2D eigenvalue weighted by Crippen LogP contribution is -2.19. The first kappa shape index (κ1) is 13.5. The third-order valence-electron chi connectivity index (χ3n) is 3.63. The highest BCUT2D eigenvalue weighted by atomic mass is 16.5. The molecule has 0 fully saturated rings. The Labute approximate surface area is 114 Å². The van der Waals surface area contributed by atoms with Crippen LogP contribution in [0, 0.1) is 0 Å². The van der Waals surface area contributed by atoms with Crippen LogP contribution in [-0.4, -0.2) is 12.2 Å². The molecule has 2 nitrogen and oxygen atoms in total. The van der Waals surface area contributed by atoms with E-state index in [1.165, 1.54) is 11.1 Å². The number of benzene rings is 1. The first-order valence-corrected chi connectivity index (χ1v) is 6.46. The van der Waals surface area contributed by atoms with Gasteiger partial charge in [-0.15, -0.1) is 0 Å². The molecule has 0 amide bonds. The molecule has 2 rings (SSSR count). The van der Waals surface area contributed by atoms with Gasteiger partial charge in [0.25, 0.3) is 0 Å². The minimum Gasteiger partial charge on any atom is -0.508 e. The Bertz CT molecular complexity index is 531. The second-order valence-electron chi connectivity index (χ2n) is 5.21. The predicted molar refractivity (Wildman–Crippen MR) is 78.6 cm³/mol. The molecule has 0 radical (unpaired) electrons. The Morgan fingerprint density at radius 1 is 1.05 bits per heavy atom. The van der Waals surface area contributed by atoms with E-state index < -0.39 is 0 Å². The van der Waals surface area contributed by atoms with E-state index in [0.717, 1.165) is 12.2 Å². The van der Waals surface area contributed by atoms with Crippen LogP contribution >= 0.6 is 0 Å². The maximum atomic E-state index is 9.54. The molecular formula is C17H20O2. The lowest BCUT2D eigenvalue weighted by atomic mass is 9.77. The highest BCUT2D eigenvalue weighted by Gasteiger charge is 2.24. The molecule has 0 saturated heterocycles. The summed E-state index contributed by atoms with van der Waals surface area (Å²) in [7, 11) is 1.67. The SMILES string of the molecule is COc1ccc(C(C)(C)C2=CCC=C(O)C=C2)cc1. The van der Waals surface area contributed by atoms with E-state index in [1.54, 1.807) is 13.2 Å². The van der Waals surface area contributed by atoms with Gasteiger partial charge >= 0.3 is 0 Å². The van der Waals surface area contributed by atoms with Crippen LogP contribution in [-0.2, 0) is 5.41 Å². The molecule has 1 aromatic rings. The van der Waals surface area contributed by atoms with Crippen molar-refractivity contribution in [3.05, 3.63) is 65.5 Å². The van der Waals surface area contributed by atoms with Crippen LogP contribution in [0.15, 0.2) is 59.9 Å². The van der Waals surface area contributed by atoms with Gasteiger partial charge in [0.2, 0.25) is 0 Å². The van der Waals surface area contributed by atoms with Gasteiger partial charge in [0.15, 0.2) is 0 Å². The molecule has 0 bridgehead atoms. The Morgan fingerprint density at radius 2 is 1.74 bits per heavy atom. The predicted octanol–water partition coefficient (Wildman–Crippen LogP) is 4.30. The van der Waals surface area contributed by atoms with Gasteiger partial charge in [-0.2, -0.15) is 0 Å². The van der Waals surface area contributed by atoms with Crippen molar-refractivity contribution in [2.45, 2.75) is 25.7 Å². The summed E-state index contributed by atoms with van der Waals surface area (Å²) in [6, 6.07) is 8.14. The summed E-state index contributed by atoms with van der Waals surface area (Å²) in [6.07, 6.45) is 8.47. The fourth-order valence-corrected chi connectivity index (χ4v) is 2.26. The van der Waals surface area contributed by atoms with Crippen molar-refractivity contribution in [1.29, 1.82) is 0 Å². The molecule has 1 aromatic carbocycles. The lowest BCUT2D eigenvalue weighted by Gasteiger charge is -2.27. The zero-order valence-corrected chi connectivity index (χ0v) is 11.7. The quantitative estimate of drug-likeness (QED) is 0.873. The van der Waals surface area contributed by atoms with Gasteiger partial charge in [0.1, 0.15) is 11.5 Å². The van der Waals surface area contributed by atoms with Gasteiger partial charge < -0.3 is 9.84 Å². The van der Waals surface area contributed by atoms with Crippen molar-refractivity contribution in [2.24, 2.45) is 0 Å². The summed E-state index contributed by atoms with van der Waals surface area (Å²) < 4.78 is 5.19. The Hall–Kier alpha value is -1.96. The molecule has 0 saturated carbocycles. The van der Waals surface area contributed by atoms with Crippen molar-refractivity contribution in [2.75, 3.05) is 7.11 Å². The summed E-state index contributed by atoms with van der Waals surface area (Å²) in [5, 5.41) is 9.54. The van der Waals surface area contributed by atoms with Crippen molar-refractivity contribution < 1.29 is 9.84 Å². The largest absolute Gasteiger partial charge is 0.508 e. The molecule has 1 aliphatic carbocycles. The number of ether oxygens (including phenoxy) is 1. The average Bonchev–Trinajstić information content (AvgIpc) is 2.64. The van der Waals surface area contributed by atoms with E-state index in [-0.39, 0.29) is 5.41 Å². The molecule has 0 unspecified atom stereocenters. The van der Waals surface area contributed by atoms with Gasteiger partial charge in [0, 0.05) is 5.41 Å². The van der Waals surface area contributed by atoms with Crippen LogP contribution < -0.4 is 4.74 Å². The number of aliphatic hydroxyl groups is 1. The Kier molecular flexibility index (Phi) is 3.79. The van der Waals surface area contributed by atoms with Gasteiger partial charge in [-0.3, -0.25) is 0 Å². The number of aliphatic hydroxyl groups excluding tert-OH is 1. The van der Waals surface area contributed by atoms with Gasteiger partial charge in [-0.25, -0.2) is 0 Å². The van der Waals surface area contributed by atoms with Crippen LogP contribution in [0.25, 0.3) is 0 Å². The van der Waals surface area contributed by atoms with E-state index in [9.17, 15) is 5.11 Å². The van der Waals surface area contributed by atoms with Crippen LogP contribution in [0.4, 0.5) is 0 Å². The van der Waals surface area contributed by atoms with E-state index in [0.29, 0.717) is 5.76 Å². The molecule has 1 aliphatic rings. The minimum atomic E-state index is -0.0960. The molecule has 0 heterocycles. The monoisotopic (exact) mass is 256 g/mol. The van der Waals surface area contributed by atoms with Crippen LogP contribution in [0.3, 0.4) is 0 Å². The average molecular weight is 256 g/mol. The summed E-state index contributed by atoms with van der Waals surface area (Å²) in [5.41, 5.74) is 2.34.